The van der Waals surface area contributed by atoms with Gasteiger partial charge in [0, 0.05) is 12.6 Å². The normalized spacial score (nSPS) is 21.4. The molecule has 1 saturated heterocycles. The van der Waals surface area contributed by atoms with Gasteiger partial charge in [-0.1, -0.05) is 25.3 Å². The van der Waals surface area contributed by atoms with Gasteiger partial charge in [-0.2, -0.15) is 0 Å². The number of rotatable bonds is 7. The largest absolute Gasteiger partial charge is 0.488 e. The molecule has 0 unspecified atom stereocenters. The summed E-state index contributed by atoms with van der Waals surface area (Å²) in [6, 6.07) is 4.95. The average molecular weight is 306 g/mol. The summed E-state index contributed by atoms with van der Waals surface area (Å²) in [5, 5.41) is 14.5. The summed E-state index contributed by atoms with van der Waals surface area (Å²) in [5.41, 5.74) is 0.573. The van der Waals surface area contributed by atoms with Gasteiger partial charge in [-0.3, -0.25) is 10.1 Å². The molecule has 1 atom stereocenters. The molecule has 1 N–H and O–H groups in total. The summed E-state index contributed by atoms with van der Waals surface area (Å²) in [6.07, 6.45) is 6.33. The third-order valence-corrected chi connectivity index (χ3v) is 4.32. The van der Waals surface area contributed by atoms with E-state index >= 15 is 0 Å². The zero-order valence-corrected chi connectivity index (χ0v) is 12.6. The molecule has 3 rings (SSSR count). The monoisotopic (exact) mass is 306 g/mol. The Kier molecular flexibility index (Phi) is 4.77. The number of anilines is 1. The molecule has 1 aromatic rings. The Morgan fingerprint density at radius 2 is 2.09 bits per heavy atom. The Hall–Kier alpha value is -1.82. The van der Waals surface area contributed by atoms with E-state index in [1.165, 1.54) is 38.2 Å². The highest BCUT2D eigenvalue weighted by molar-refractivity contribution is 5.70. The van der Waals surface area contributed by atoms with Crippen molar-refractivity contribution >= 4 is 11.4 Å². The molecule has 0 aromatic heterocycles. The third kappa shape index (κ3) is 3.88. The van der Waals surface area contributed by atoms with Crippen molar-refractivity contribution in [1.82, 2.24) is 0 Å². The Labute approximate surface area is 129 Å². The van der Waals surface area contributed by atoms with Crippen LogP contribution in [0.5, 0.6) is 5.75 Å². The van der Waals surface area contributed by atoms with Gasteiger partial charge in [-0.15, -0.1) is 0 Å². The molecule has 0 amide bonds. The minimum absolute atomic E-state index is 0.0741. The molecule has 120 valence electrons. The lowest BCUT2D eigenvalue weighted by atomic mass is 9.89. The molecular weight excluding hydrogens is 284 g/mol. The van der Waals surface area contributed by atoms with Crippen molar-refractivity contribution in [1.29, 1.82) is 0 Å². The number of para-hydroxylation sites is 1. The van der Waals surface area contributed by atoms with E-state index < -0.39 is 0 Å². The second-order valence-corrected chi connectivity index (χ2v) is 6.06. The van der Waals surface area contributed by atoms with Gasteiger partial charge in [0.1, 0.15) is 18.5 Å². The van der Waals surface area contributed by atoms with E-state index in [4.69, 9.17) is 9.47 Å². The molecule has 2 aliphatic rings. The van der Waals surface area contributed by atoms with Crippen LogP contribution in [0, 0.1) is 16.0 Å². The smallest absolute Gasteiger partial charge is 0.296 e. The Balaban J connectivity index is 1.70. The maximum atomic E-state index is 11.3. The fourth-order valence-electron chi connectivity index (χ4n) is 2.95. The quantitative estimate of drug-likeness (QED) is 0.475. The number of hydrogen-bond donors (Lipinski definition) is 1. The van der Waals surface area contributed by atoms with Crippen LogP contribution >= 0.6 is 0 Å². The van der Waals surface area contributed by atoms with Crippen molar-refractivity contribution in [2.24, 2.45) is 5.92 Å². The second kappa shape index (κ2) is 6.96. The van der Waals surface area contributed by atoms with E-state index in [-0.39, 0.29) is 16.7 Å². The number of nitrogens with one attached hydrogen (secondary N) is 1. The van der Waals surface area contributed by atoms with Crippen LogP contribution in [0.25, 0.3) is 0 Å². The van der Waals surface area contributed by atoms with Gasteiger partial charge in [0.05, 0.1) is 11.5 Å². The van der Waals surface area contributed by atoms with Crippen molar-refractivity contribution in [2.75, 3.05) is 25.1 Å². The molecule has 22 heavy (non-hydrogen) atoms. The summed E-state index contributed by atoms with van der Waals surface area (Å²) >= 11 is 0. The highest BCUT2D eigenvalue weighted by Gasteiger charge is 2.25. The molecule has 6 heteroatoms. The minimum atomic E-state index is -0.357. The molecule has 1 aliphatic heterocycles. The van der Waals surface area contributed by atoms with Crippen molar-refractivity contribution < 1.29 is 14.4 Å². The predicted octanol–water partition coefficient (Wildman–Crippen LogP) is 3.36. The van der Waals surface area contributed by atoms with E-state index in [2.05, 4.69) is 5.32 Å². The van der Waals surface area contributed by atoms with Crippen LogP contribution in [0.1, 0.15) is 32.1 Å². The van der Waals surface area contributed by atoms with Gasteiger partial charge >= 0.3 is 0 Å². The summed E-state index contributed by atoms with van der Waals surface area (Å²) < 4.78 is 10.8. The second-order valence-electron chi connectivity index (χ2n) is 6.06. The van der Waals surface area contributed by atoms with Crippen molar-refractivity contribution in [3.63, 3.8) is 0 Å². The van der Waals surface area contributed by atoms with Crippen LogP contribution in [0.3, 0.4) is 0 Å². The third-order valence-electron chi connectivity index (χ3n) is 4.32. The van der Waals surface area contributed by atoms with Gasteiger partial charge in [0.15, 0.2) is 5.69 Å². The number of nitro benzene ring substituents is 1. The molecule has 0 spiro atoms. The van der Waals surface area contributed by atoms with Gasteiger partial charge in [0.25, 0.3) is 5.69 Å². The molecule has 0 radical (unpaired) electrons. The molecular formula is C16H22N2O4. The first-order chi connectivity index (χ1) is 10.7. The average Bonchev–Trinajstić information content (AvgIpc) is 3.36. The zero-order valence-electron chi connectivity index (χ0n) is 12.6. The van der Waals surface area contributed by atoms with Crippen LogP contribution in [0.15, 0.2) is 18.2 Å². The first-order valence-electron chi connectivity index (χ1n) is 7.99. The first kappa shape index (κ1) is 15.1. The highest BCUT2D eigenvalue weighted by atomic mass is 16.6. The van der Waals surface area contributed by atoms with Gasteiger partial charge in [-0.25, -0.2) is 0 Å². The van der Waals surface area contributed by atoms with E-state index in [0.717, 1.165) is 6.54 Å². The summed E-state index contributed by atoms with van der Waals surface area (Å²) in [6.45, 7) is 1.92. The van der Waals surface area contributed by atoms with E-state index in [9.17, 15) is 10.1 Å². The van der Waals surface area contributed by atoms with Gasteiger partial charge < -0.3 is 14.8 Å². The molecule has 1 heterocycles. The number of nitrogens with zero attached hydrogens (tertiary/aromatic N) is 1. The van der Waals surface area contributed by atoms with Crippen molar-refractivity contribution in [3.8, 4) is 5.75 Å². The number of benzene rings is 1. The summed E-state index contributed by atoms with van der Waals surface area (Å²) in [4.78, 5) is 10.9. The Bertz CT molecular complexity index is 525. The number of nitro groups is 1. The topological polar surface area (TPSA) is 76.9 Å². The molecule has 2 fully saturated rings. The van der Waals surface area contributed by atoms with E-state index in [1.807, 2.05) is 0 Å². The fraction of sp³-hybridized carbons (Fsp3) is 0.625. The predicted molar refractivity (Wildman–Crippen MR) is 83.4 cm³/mol. The Morgan fingerprint density at radius 3 is 2.77 bits per heavy atom. The fourth-order valence-corrected chi connectivity index (χ4v) is 2.95. The van der Waals surface area contributed by atoms with Gasteiger partial charge in [-0.05, 0) is 24.8 Å². The first-order valence-corrected chi connectivity index (χ1v) is 7.99. The van der Waals surface area contributed by atoms with Crippen LogP contribution in [-0.4, -0.2) is 30.8 Å². The van der Waals surface area contributed by atoms with Crippen molar-refractivity contribution in [2.45, 2.75) is 38.2 Å². The van der Waals surface area contributed by atoms with E-state index in [0.29, 0.717) is 30.6 Å². The molecule has 1 saturated carbocycles. The standard InChI is InChI=1S/C16H22N2O4/c19-18(20)14-7-4-8-15(22-11-13-10-21-13)16(14)17-9-12-5-2-1-3-6-12/h4,7-8,12-13,17H,1-3,5-6,9-11H2/t13-/m0/s1. The number of ether oxygens (including phenoxy) is 2. The van der Waals surface area contributed by atoms with Crippen LogP contribution < -0.4 is 10.1 Å². The molecule has 1 aromatic carbocycles. The lowest BCUT2D eigenvalue weighted by Gasteiger charge is -2.23. The number of epoxide rings is 1. The van der Waals surface area contributed by atoms with E-state index in [1.54, 1.807) is 12.1 Å². The van der Waals surface area contributed by atoms with Crippen LogP contribution in [0.2, 0.25) is 0 Å². The van der Waals surface area contributed by atoms with Crippen LogP contribution in [-0.2, 0) is 4.74 Å². The Morgan fingerprint density at radius 1 is 1.32 bits per heavy atom. The number of hydrogen-bond acceptors (Lipinski definition) is 5. The summed E-state index contributed by atoms with van der Waals surface area (Å²) in [5.74, 6) is 1.13. The maximum absolute atomic E-state index is 11.3. The van der Waals surface area contributed by atoms with Crippen molar-refractivity contribution in [3.05, 3.63) is 28.3 Å². The van der Waals surface area contributed by atoms with Gasteiger partial charge in [0.2, 0.25) is 0 Å². The summed E-state index contributed by atoms with van der Waals surface area (Å²) in [7, 11) is 0. The van der Waals surface area contributed by atoms with Crippen LogP contribution in [0.4, 0.5) is 11.4 Å². The molecule has 0 bridgehead atoms. The zero-order chi connectivity index (χ0) is 15.4. The SMILES string of the molecule is O=[N+]([O-])c1cccc(OC[C@@H]2CO2)c1NCC1CCCCC1. The highest BCUT2D eigenvalue weighted by Crippen LogP contribution is 2.35. The molecule has 6 nitrogen and oxygen atoms in total. The lowest BCUT2D eigenvalue weighted by Crippen LogP contribution is -2.18. The minimum Gasteiger partial charge on any atom is -0.488 e. The maximum Gasteiger partial charge on any atom is 0.296 e. The lowest BCUT2D eigenvalue weighted by molar-refractivity contribution is -0.384. The molecule has 1 aliphatic carbocycles.